The normalized spacial score (nSPS) is 11.4. The summed E-state index contributed by atoms with van der Waals surface area (Å²) in [5, 5.41) is 0.774. The van der Waals surface area contributed by atoms with E-state index in [0.29, 0.717) is 6.04 Å². The summed E-state index contributed by atoms with van der Waals surface area (Å²) < 4.78 is 0. The SMILES string of the molecule is CCCCCN(Cc1ccc(N)cc1Cl)C(C)C. The van der Waals surface area contributed by atoms with Crippen molar-refractivity contribution in [1.82, 2.24) is 4.90 Å². The van der Waals surface area contributed by atoms with Crippen LogP contribution in [0.2, 0.25) is 5.02 Å². The molecule has 1 aromatic carbocycles. The van der Waals surface area contributed by atoms with E-state index >= 15 is 0 Å². The largest absolute Gasteiger partial charge is 0.399 e. The summed E-state index contributed by atoms with van der Waals surface area (Å²) in [5.41, 5.74) is 7.61. The lowest BCUT2D eigenvalue weighted by Crippen LogP contribution is -2.31. The molecule has 0 bridgehead atoms. The molecular weight excluding hydrogens is 244 g/mol. The zero-order valence-electron chi connectivity index (χ0n) is 11.7. The fourth-order valence-electron chi connectivity index (χ4n) is 2.00. The summed E-state index contributed by atoms with van der Waals surface area (Å²) in [6.45, 7) is 8.73. The molecule has 0 unspecified atom stereocenters. The minimum absolute atomic E-state index is 0.537. The van der Waals surface area contributed by atoms with E-state index in [1.807, 2.05) is 18.2 Å². The van der Waals surface area contributed by atoms with Crippen molar-refractivity contribution < 1.29 is 0 Å². The molecule has 1 aromatic rings. The highest BCUT2D eigenvalue weighted by Crippen LogP contribution is 2.21. The first kappa shape index (κ1) is 15.3. The number of halogens is 1. The molecule has 0 amide bonds. The fraction of sp³-hybridized carbons (Fsp3) is 0.600. The topological polar surface area (TPSA) is 29.3 Å². The first-order valence-electron chi connectivity index (χ1n) is 6.82. The maximum Gasteiger partial charge on any atom is 0.0471 e. The summed E-state index contributed by atoms with van der Waals surface area (Å²) in [5.74, 6) is 0. The number of hydrogen-bond donors (Lipinski definition) is 1. The van der Waals surface area contributed by atoms with Gasteiger partial charge in [0.05, 0.1) is 0 Å². The molecule has 0 aromatic heterocycles. The van der Waals surface area contributed by atoms with Gasteiger partial charge in [-0.3, -0.25) is 4.90 Å². The van der Waals surface area contributed by atoms with Crippen molar-refractivity contribution in [3.05, 3.63) is 28.8 Å². The summed E-state index contributed by atoms with van der Waals surface area (Å²) in [4.78, 5) is 2.47. The van der Waals surface area contributed by atoms with Gasteiger partial charge in [0.15, 0.2) is 0 Å². The number of anilines is 1. The Kier molecular flexibility index (Phi) is 6.51. The molecule has 0 aliphatic rings. The molecular formula is C15H25ClN2. The average Bonchev–Trinajstić information content (AvgIpc) is 2.30. The smallest absolute Gasteiger partial charge is 0.0471 e. The van der Waals surface area contributed by atoms with Gasteiger partial charge in [0.1, 0.15) is 0 Å². The molecule has 0 heterocycles. The van der Waals surface area contributed by atoms with Gasteiger partial charge >= 0.3 is 0 Å². The second-order valence-electron chi connectivity index (χ2n) is 5.12. The van der Waals surface area contributed by atoms with Crippen LogP contribution in [0.1, 0.15) is 45.6 Å². The number of rotatable bonds is 7. The first-order valence-corrected chi connectivity index (χ1v) is 7.20. The van der Waals surface area contributed by atoms with Crippen LogP contribution in [0.15, 0.2) is 18.2 Å². The standard InChI is InChI=1S/C15H25ClN2/c1-4-5-6-9-18(12(2)3)11-13-7-8-14(17)10-15(13)16/h7-8,10,12H,4-6,9,11,17H2,1-3H3. The van der Waals surface area contributed by atoms with Gasteiger partial charge in [0, 0.05) is 23.3 Å². The van der Waals surface area contributed by atoms with Gasteiger partial charge in [-0.1, -0.05) is 37.4 Å². The van der Waals surface area contributed by atoms with Crippen molar-refractivity contribution in [2.45, 2.75) is 52.6 Å². The van der Waals surface area contributed by atoms with E-state index < -0.39 is 0 Å². The van der Waals surface area contributed by atoms with Crippen LogP contribution in [0.5, 0.6) is 0 Å². The molecule has 0 atom stereocenters. The van der Waals surface area contributed by atoms with Crippen molar-refractivity contribution in [2.75, 3.05) is 12.3 Å². The molecule has 0 spiro atoms. The van der Waals surface area contributed by atoms with Crippen LogP contribution in [0, 0.1) is 0 Å². The third-order valence-electron chi connectivity index (χ3n) is 3.23. The molecule has 0 aliphatic carbocycles. The number of nitrogens with zero attached hydrogens (tertiary/aromatic N) is 1. The van der Waals surface area contributed by atoms with E-state index in [1.54, 1.807) is 0 Å². The lowest BCUT2D eigenvalue weighted by Gasteiger charge is -2.27. The highest BCUT2D eigenvalue weighted by atomic mass is 35.5. The van der Waals surface area contributed by atoms with E-state index in [1.165, 1.54) is 19.3 Å². The fourth-order valence-corrected chi connectivity index (χ4v) is 2.24. The van der Waals surface area contributed by atoms with Gasteiger partial charge in [-0.05, 0) is 44.5 Å². The Labute approximate surface area is 116 Å². The molecule has 1 rings (SSSR count). The molecule has 18 heavy (non-hydrogen) atoms. The van der Waals surface area contributed by atoms with Crippen molar-refractivity contribution in [3.8, 4) is 0 Å². The molecule has 102 valence electrons. The van der Waals surface area contributed by atoms with E-state index in [9.17, 15) is 0 Å². The highest BCUT2D eigenvalue weighted by molar-refractivity contribution is 6.31. The Balaban J connectivity index is 2.64. The van der Waals surface area contributed by atoms with Crippen LogP contribution in [-0.4, -0.2) is 17.5 Å². The van der Waals surface area contributed by atoms with Crippen LogP contribution in [0.3, 0.4) is 0 Å². The van der Waals surface area contributed by atoms with E-state index in [0.717, 1.165) is 29.4 Å². The van der Waals surface area contributed by atoms with Crippen LogP contribution < -0.4 is 5.73 Å². The Morgan fingerprint density at radius 1 is 1.28 bits per heavy atom. The Bertz CT molecular complexity index is 364. The quantitative estimate of drug-likeness (QED) is 0.589. The predicted molar refractivity (Wildman–Crippen MR) is 80.9 cm³/mol. The minimum Gasteiger partial charge on any atom is -0.399 e. The van der Waals surface area contributed by atoms with Crippen LogP contribution in [-0.2, 0) is 6.54 Å². The van der Waals surface area contributed by atoms with Crippen LogP contribution in [0.4, 0.5) is 5.69 Å². The predicted octanol–water partition coefficient (Wildman–Crippen LogP) is 4.32. The average molecular weight is 269 g/mol. The first-order chi connectivity index (χ1) is 8.54. The van der Waals surface area contributed by atoms with Gasteiger partial charge in [0.2, 0.25) is 0 Å². The summed E-state index contributed by atoms with van der Waals surface area (Å²) >= 11 is 6.23. The lowest BCUT2D eigenvalue weighted by molar-refractivity contribution is 0.208. The van der Waals surface area contributed by atoms with Gasteiger partial charge in [-0.25, -0.2) is 0 Å². The molecule has 0 saturated heterocycles. The maximum absolute atomic E-state index is 6.23. The van der Waals surface area contributed by atoms with Gasteiger partial charge in [-0.2, -0.15) is 0 Å². The van der Waals surface area contributed by atoms with Gasteiger partial charge in [0.25, 0.3) is 0 Å². The number of unbranched alkanes of at least 4 members (excludes halogenated alkanes) is 2. The summed E-state index contributed by atoms with van der Waals surface area (Å²) in [7, 11) is 0. The Morgan fingerprint density at radius 3 is 2.56 bits per heavy atom. The lowest BCUT2D eigenvalue weighted by atomic mass is 10.1. The van der Waals surface area contributed by atoms with Crippen LogP contribution in [0.25, 0.3) is 0 Å². The second-order valence-corrected chi connectivity index (χ2v) is 5.53. The Hall–Kier alpha value is -0.730. The van der Waals surface area contributed by atoms with Crippen molar-refractivity contribution in [1.29, 1.82) is 0 Å². The molecule has 0 fully saturated rings. The molecule has 0 aliphatic heterocycles. The van der Waals surface area contributed by atoms with E-state index in [4.69, 9.17) is 17.3 Å². The molecule has 3 heteroatoms. The van der Waals surface area contributed by atoms with E-state index in [2.05, 4.69) is 25.7 Å². The second kappa shape index (κ2) is 7.65. The molecule has 2 N–H and O–H groups in total. The molecule has 2 nitrogen and oxygen atoms in total. The number of nitrogen functional groups attached to an aromatic ring is 1. The zero-order valence-corrected chi connectivity index (χ0v) is 12.5. The number of benzene rings is 1. The van der Waals surface area contributed by atoms with Crippen LogP contribution >= 0.6 is 11.6 Å². The van der Waals surface area contributed by atoms with Crippen molar-refractivity contribution in [2.24, 2.45) is 0 Å². The minimum atomic E-state index is 0.537. The molecule has 0 radical (unpaired) electrons. The summed E-state index contributed by atoms with van der Waals surface area (Å²) in [6.07, 6.45) is 3.80. The van der Waals surface area contributed by atoms with E-state index in [-0.39, 0.29) is 0 Å². The molecule has 0 saturated carbocycles. The zero-order chi connectivity index (χ0) is 13.5. The van der Waals surface area contributed by atoms with Crippen molar-refractivity contribution >= 4 is 17.3 Å². The third-order valence-corrected chi connectivity index (χ3v) is 3.58. The van der Waals surface area contributed by atoms with Crippen molar-refractivity contribution in [3.63, 3.8) is 0 Å². The van der Waals surface area contributed by atoms with Gasteiger partial charge in [-0.15, -0.1) is 0 Å². The Morgan fingerprint density at radius 2 is 2.00 bits per heavy atom. The number of nitrogens with two attached hydrogens (primary N) is 1. The maximum atomic E-state index is 6.23. The third kappa shape index (κ3) is 4.87. The highest BCUT2D eigenvalue weighted by Gasteiger charge is 2.11. The number of hydrogen-bond acceptors (Lipinski definition) is 2. The van der Waals surface area contributed by atoms with Gasteiger partial charge < -0.3 is 5.73 Å². The monoisotopic (exact) mass is 268 g/mol. The summed E-state index contributed by atoms with van der Waals surface area (Å²) in [6, 6.07) is 6.33.